The molecule has 27 heavy (non-hydrogen) atoms. The lowest BCUT2D eigenvalue weighted by molar-refractivity contribution is 0.214. The molecule has 0 aliphatic carbocycles. The maximum Gasteiger partial charge on any atom is 0.357 e. The van der Waals surface area contributed by atoms with E-state index in [-0.39, 0.29) is 0 Å². The highest BCUT2D eigenvalue weighted by atomic mass is 32.1. The Hall–Kier alpha value is -1.72. The molecule has 0 bridgehead atoms. The SMILES string of the molecule is CCOP(=O)(OCC)[C@@H](Nc1nc2ccc(C)cc2s1)c1cccc(C)c1. The fraction of sp³-hybridized carbons (Fsp3) is 0.350. The number of aromatic nitrogens is 1. The first-order valence-electron chi connectivity index (χ1n) is 9.04. The number of hydrogen-bond acceptors (Lipinski definition) is 6. The number of aryl methyl sites for hydroxylation is 2. The van der Waals surface area contributed by atoms with Gasteiger partial charge in [0.1, 0.15) is 0 Å². The van der Waals surface area contributed by atoms with Crippen LogP contribution in [0.2, 0.25) is 0 Å². The molecule has 0 unspecified atom stereocenters. The number of rotatable bonds is 8. The van der Waals surface area contributed by atoms with E-state index in [1.165, 1.54) is 16.9 Å². The van der Waals surface area contributed by atoms with Gasteiger partial charge in [-0.15, -0.1) is 0 Å². The van der Waals surface area contributed by atoms with Crippen molar-refractivity contribution < 1.29 is 13.6 Å². The molecule has 0 saturated heterocycles. The number of nitrogens with zero attached hydrogens (tertiary/aromatic N) is 1. The van der Waals surface area contributed by atoms with Crippen LogP contribution in [0.4, 0.5) is 5.13 Å². The van der Waals surface area contributed by atoms with Gasteiger partial charge in [-0.1, -0.05) is 47.2 Å². The van der Waals surface area contributed by atoms with Crippen LogP contribution in [0, 0.1) is 13.8 Å². The summed E-state index contributed by atoms with van der Waals surface area (Å²) in [6.07, 6.45) is 0. The highest BCUT2D eigenvalue weighted by Crippen LogP contribution is 2.61. The highest BCUT2D eigenvalue weighted by Gasteiger charge is 2.37. The minimum atomic E-state index is -3.43. The number of nitrogens with one attached hydrogen (secondary N) is 1. The van der Waals surface area contributed by atoms with E-state index in [1.54, 1.807) is 0 Å². The number of benzene rings is 2. The van der Waals surface area contributed by atoms with E-state index >= 15 is 0 Å². The van der Waals surface area contributed by atoms with Crippen molar-refractivity contribution in [2.24, 2.45) is 0 Å². The summed E-state index contributed by atoms with van der Waals surface area (Å²) in [6, 6.07) is 14.0. The maximum absolute atomic E-state index is 13.6. The molecule has 0 spiro atoms. The lowest BCUT2D eigenvalue weighted by atomic mass is 10.1. The first-order chi connectivity index (χ1) is 12.9. The van der Waals surface area contributed by atoms with Gasteiger partial charge in [0.05, 0.1) is 23.4 Å². The zero-order valence-corrected chi connectivity index (χ0v) is 17.8. The van der Waals surface area contributed by atoms with Crippen LogP contribution in [0.15, 0.2) is 42.5 Å². The molecule has 1 atom stereocenters. The van der Waals surface area contributed by atoms with Crippen LogP contribution < -0.4 is 5.32 Å². The molecule has 1 aromatic heterocycles. The quantitative estimate of drug-likeness (QED) is 0.447. The molecule has 1 N–H and O–H groups in total. The molecule has 0 aliphatic rings. The molecule has 0 saturated carbocycles. The third kappa shape index (κ3) is 4.58. The second kappa shape index (κ2) is 8.53. The Balaban J connectivity index is 2.03. The lowest BCUT2D eigenvalue weighted by Gasteiger charge is -2.27. The molecule has 0 aliphatic heterocycles. The van der Waals surface area contributed by atoms with Gasteiger partial charge < -0.3 is 14.4 Å². The van der Waals surface area contributed by atoms with Crippen molar-refractivity contribution in [3.63, 3.8) is 0 Å². The Morgan fingerprint density at radius 1 is 1.07 bits per heavy atom. The van der Waals surface area contributed by atoms with E-state index in [1.807, 2.05) is 57.2 Å². The predicted molar refractivity (Wildman–Crippen MR) is 113 cm³/mol. The molecular weight excluding hydrogens is 379 g/mol. The third-order valence-electron chi connectivity index (χ3n) is 4.10. The first-order valence-corrected chi connectivity index (χ1v) is 11.5. The third-order valence-corrected chi connectivity index (χ3v) is 7.34. The zero-order valence-electron chi connectivity index (χ0n) is 16.1. The molecule has 0 fully saturated rings. The van der Waals surface area contributed by atoms with Gasteiger partial charge in [0, 0.05) is 0 Å². The predicted octanol–water partition coefficient (Wildman–Crippen LogP) is 6.29. The number of thiazole rings is 1. The van der Waals surface area contributed by atoms with Gasteiger partial charge in [0.2, 0.25) is 0 Å². The summed E-state index contributed by atoms with van der Waals surface area (Å²) in [5.74, 6) is -0.626. The second-order valence-electron chi connectivity index (χ2n) is 6.33. The minimum Gasteiger partial charge on any atom is -0.344 e. The fourth-order valence-corrected chi connectivity index (χ4v) is 5.92. The Labute approximate surface area is 164 Å². The Morgan fingerprint density at radius 2 is 1.78 bits per heavy atom. The second-order valence-corrected chi connectivity index (χ2v) is 9.47. The van der Waals surface area contributed by atoms with Crippen LogP contribution >= 0.6 is 18.9 Å². The van der Waals surface area contributed by atoms with Crippen molar-refractivity contribution in [1.29, 1.82) is 0 Å². The van der Waals surface area contributed by atoms with Crippen LogP contribution in [-0.4, -0.2) is 18.2 Å². The minimum absolute atomic E-state index is 0.306. The number of hydrogen-bond donors (Lipinski definition) is 1. The van der Waals surface area contributed by atoms with Crippen LogP contribution in [0.5, 0.6) is 0 Å². The average molecular weight is 404 g/mol. The molecular formula is C20H25N2O3PS. The highest BCUT2D eigenvalue weighted by molar-refractivity contribution is 7.54. The van der Waals surface area contributed by atoms with Gasteiger partial charge >= 0.3 is 7.60 Å². The molecule has 3 aromatic rings. The van der Waals surface area contributed by atoms with E-state index in [0.717, 1.165) is 21.3 Å². The molecule has 144 valence electrons. The van der Waals surface area contributed by atoms with Gasteiger partial charge in [0.15, 0.2) is 10.9 Å². The van der Waals surface area contributed by atoms with Gasteiger partial charge in [0.25, 0.3) is 0 Å². The molecule has 1 heterocycles. The normalized spacial score (nSPS) is 13.0. The van der Waals surface area contributed by atoms with E-state index in [2.05, 4.69) is 23.3 Å². The molecule has 0 radical (unpaired) electrons. The van der Waals surface area contributed by atoms with Gasteiger partial charge in [-0.25, -0.2) is 4.98 Å². The maximum atomic E-state index is 13.6. The topological polar surface area (TPSA) is 60.5 Å². The Morgan fingerprint density at radius 3 is 2.44 bits per heavy atom. The summed E-state index contributed by atoms with van der Waals surface area (Å²) in [5.41, 5.74) is 4.04. The largest absolute Gasteiger partial charge is 0.357 e. The summed E-state index contributed by atoms with van der Waals surface area (Å²) in [5, 5.41) is 4.03. The average Bonchev–Trinajstić information content (AvgIpc) is 3.01. The van der Waals surface area contributed by atoms with Gasteiger partial charge in [-0.05, 0) is 51.0 Å². The van der Waals surface area contributed by atoms with E-state index in [0.29, 0.717) is 18.3 Å². The zero-order chi connectivity index (χ0) is 19.4. The standard InChI is InChI=1S/C20H25N2O3PS/c1-5-24-26(23,25-6-2)19(16-9-7-8-14(3)12-16)22-20-21-17-11-10-15(4)13-18(17)27-20/h7-13,19H,5-6H2,1-4H3,(H,21,22)/t19-/m1/s1. The molecule has 3 rings (SSSR count). The van der Waals surface area contributed by atoms with Crippen LogP contribution in [0.3, 0.4) is 0 Å². The van der Waals surface area contributed by atoms with Crippen LogP contribution in [-0.2, 0) is 13.6 Å². The summed E-state index contributed by atoms with van der Waals surface area (Å²) >= 11 is 1.54. The smallest absolute Gasteiger partial charge is 0.344 e. The van der Waals surface area contributed by atoms with Crippen molar-refractivity contribution in [3.8, 4) is 0 Å². The summed E-state index contributed by atoms with van der Waals surface area (Å²) in [6.45, 7) is 8.31. The van der Waals surface area contributed by atoms with E-state index in [9.17, 15) is 4.57 Å². The van der Waals surface area contributed by atoms with Crippen LogP contribution in [0.1, 0.15) is 36.3 Å². The summed E-state index contributed by atoms with van der Waals surface area (Å²) in [4.78, 5) is 4.65. The van der Waals surface area contributed by atoms with Gasteiger partial charge in [-0.3, -0.25) is 4.57 Å². The lowest BCUT2D eigenvalue weighted by Crippen LogP contribution is -2.15. The fourth-order valence-electron chi connectivity index (χ4n) is 2.94. The number of fused-ring (bicyclic) bond motifs is 1. The van der Waals surface area contributed by atoms with Crippen molar-refractivity contribution >= 4 is 34.3 Å². The van der Waals surface area contributed by atoms with Crippen molar-refractivity contribution in [3.05, 3.63) is 59.2 Å². The Bertz CT molecular complexity index is 963. The van der Waals surface area contributed by atoms with Crippen molar-refractivity contribution in [2.75, 3.05) is 18.5 Å². The molecule has 0 amide bonds. The van der Waals surface area contributed by atoms with E-state index < -0.39 is 13.4 Å². The molecule has 7 heteroatoms. The number of anilines is 1. The monoisotopic (exact) mass is 404 g/mol. The Kier molecular flexibility index (Phi) is 6.33. The summed E-state index contributed by atoms with van der Waals surface area (Å²) < 4.78 is 25.9. The summed E-state index contributed by atoms with van der Waals surface area (Å²) in [7, 11) is -3.43. The molecule has 5 nitrogen and oxygen atoms in total. The first kappa shape index (κ1) is 20.0. The van der Waals surface area contributed by atoms with Crippen molar-refractivity contribution in [2.45, 2.75) is 33.5 Å². The molecule has 2 aromatic carbocycles. The van der Waals surface area contributed by atoms with Gasteiger partial charge in [-0.2, -0.15) is 0 Å². The van der Waals surface area contributed by atoms with E-state index in [4.69, 9.17) is 9.05 Å². The van der Waals surface area contributed by atoms with Crippen molar-refractivity contribution in [1.82, 2.24) is 4.98 Å². The van der Waals surface area contributed by atoms with Crippen LogP contribution in [0.25, 0.3) is 10.2 Å².